The van der Waals surface area contributed by atoms with Crippen LogP contribution in [-0.4, -0.2) is 12.2 Å². The predicted molar refractivity (Wildman–Crippen MR) is 93.4 cm³/mol. The minimum Gasteiger partial charge on any atom is -0.446 e. The highest BCUT2D eigenvalue weighted by molar-refractivity contribution is 5.85. The van der Waals surface area contributed by atoms with E-state index in [0.29, 0.717) is 6.54 Å². The molecule has 122 valence electrons. The molecule has 0 saturated heterocycles. The lowest BCUT2D eigenvalue weighted by molar-refractivity contribution is 0.0813. The average molecular weight is 311 g/mol. The number of ether oxygens (including phenoxy) is 1. The van der Waals surface area contributed by atoms with Crippen LogP contribution in [0.4, 0.5) is 4.79 Å². The Hall–Kier alpha value is -2.03. The number of hydrogen-bond donors (Lipinski definition) is 1. The Labute approximate surface area is 138 Å². The molecule has 1 saturated carbocycles. The van der Waals surface area contributed by atoms with Crippen LogP contribution in [0.15, 0.2) is 42.5 Å². The van der Waals surface area contributed by atoms with Crippen LogP contribution in [0, 0.1) is 0 Å². The molecule has 0 unspecified atom stereocenters. The van der Waals surface area contributed by atoms with Crippen molar-refractivity contribution in [1.29, 1.82) is 0 Å². The Balaban J connectivity index is 1.55. The van der Waals surface area contributed by atoms with Gasteiger partial charge in [0, 0.05) is 6.54 Å². The molecule has 1 fully saturated rings. The molecule has 0 bridgehead atoms. The fourth-order valence-corrected chi connectivity index (χ4v) is 3.34. The van der Waals surface area contributed by atoms with Crippen LogP contribution in [0.1, 0.15) is 50.5 Å². The lowest BCUT2D eigenvalue weighted by atomic mass is 9.99. The highest BCUT2D eigenvalue weighted by Gasteiger charge is 2.15. The van der Waals surface area contributed by atoms with Crippen LogP contribution in [0.3, 0.4) is 0 Å². The van der Waals surface area contributed by atoms with Gasteiger partial charge in [-0.3, -0.25) is 0 Å². The van der Waals surface area contributed by atoms with Crippen LogP contribution >= 0.6 is 0 Å². The molecule has 0 aliphatic heterocycles. The van der Waals surface area contributed by atoms with Crippen molar-refractivity contribution in [1.82, 2.24) is 5.32 Å². The first-order chi connectivity index (χ1) is 11.3. The highest BCUT2D eigenvalue weighted by Crippen LogP contribution is 2.20. The van der Waals surface area contributed by atoms with Gasteiger partial charge in [-0.15, -0.1) is 0 Å². The number of rotatable bonds is 3. The number of carbonyl (C=O) groups excluding carboxylic acids is 1. The lowest BCUT2D eigenvalue weighted by Crippen LogP contribution is -2.29. The Morgan fingerprint density at radius 2 is 1.65 bits per heavy atom. The third-order valence-electron chi connectivity index (χ3n) is 4.63. The Morgan fingerprint density at radius 3 is 2.48 bits per heavy atom. The molecule has 23 heavy (non-hydrogen) atoms. The van der Waals surface area contributed by atoms with E-state index in [2.05, 4.69) is 29.6 Å². The number of amides is 1. The summed E-state index contributed by atoms with van der Waals surface area (Å²) >= 11 is 0. The van der Waals surface area contributed by atoms with Gasteiger partial charge < -0.3 is 10.1 Å². The van der Waals surface area contributed by atoms with E-state index in [1.165, 1.54) is 42.9 Å². The zero-order valence-corrected chi connectivity index (χ0v) is 13.6. The molecule has 1 aliphatic carbocycles. The Kier molecular flexibility index (Phi) is 5.51. The van der Waals surface area contributed by atoms with Gasteiger partial charge in [-0.25, -0.2) is 4.79 Å². The van der Waals surface area contributed by atoms with Crippen molar-refractivity contribution in [2.45, 2.75) is 57.6 Å². The van der Waals surface area contributed by atoms with Crippen LogP contribution < -0.4 is 5.32 Å². The van der Waals surface area contributed by atoms with Gasteiger partial charge in [0.15, 0.2) is 0 Å². The summed E-state index contributed by atoms with van der Waals surface area (Å²) in [5.41, 5.74) is 1.12. The first-order valence-corrected chi connectivity index (χ1v) is 8.74. The van der Waals surface area contributed by atoms with Crippen molar-refractivity contribution in [2.24, 2.45) is 0 Å². The van der Waals surface area contributed by atoms with Crippen molar-refractivity contribution in [3.63, 3.8) is 0 Å². The second kappa shape index (κ2) is 8.00. The number of alkyl carbamates (subject to hydrolysis) is 1. The molecule has 0 heterocycles. The van der Waals surface area contributed by atoms with Gasteiger partial charge in [-0.2, -0.15) is 0 Å². The number of nitrogens with one attached hydrogen (secondary N) is 1. The third-order valence-corrected chi connectivity index (χ3v) is 4.63. The monoisotopic (exact) mass is 311 g/mol. The van der Waals surface area contributed by atoms with E-state index in [-0.39, 0.29) is 12.2 Å². The summed E-state index contributed by atoms with van der Waals surface area (Å²) in [6.07, 6.45) is 7.98. The van der Waals surface area contributed by atoms with Crippen molar-refractivity contribution < 1.29 is 9.53 Å². The quantitative estimate of drug-likeness (QED) is 0.848. The van der Waals surface area contributed by atoms with E-state index in [1.807, 2.05) is 18.2 Å². The molecule has 3 rings (SSSR count). The van der Waals surface area contributed by atoms with Crippen LogP contribution in [0.5, 0.6) is 0 Å². The Bertz CT molecular complexity index is 640. The first kappa shape index (κ1) is 15.9. The van der Waals surface area contributed by atoms with Gasteiger partial charge in [0.1, 0.15) is 6.10 Å². The fraction of sp³-hybridized carbons (Fsp3) is 0.450. The van der Waals surface area contributed by atoms with E-state index in [0.717, 1.165) is 18.4 Å². The molecule has 0 spiro atoms. The van der Waals surface area contributed by atoms with Gasteiger partial charge in [0.05, 0.1) is 0 Å². The molecule has 1 amide bonds. The molecule has 1 aliphatic rings. The predicted octanol–water partition coefficient (Wildman–Crippen LogP) is 5.18. The molecular weight excluding hydrogens is 286 g/mol. The molecule has 3 nitrogen and oxygen atoms in total. The fourth-order valence-electron chi connectivity index (χ4n) is 3.34. The molecular formula is C20H25NO2. The molecule has 0 atom stereocenters. The number of benzene rings is 2. The lowest BCUT2D eigenvalue weighted by Gasteiger charge is -2.20. The van der Waals surface area contributed by atoms with E-state index < -0.39 is 0 Å². The molecule has 3 heteroatoms. The summed E-state index contributed by atoms with van der Waals surface area (Å²) in [7, 11) is 0. The first-order valence-electron chi connectivity index (χ1n) is 8.74. The smallest absolute Gasteiger partial charge is 0.407 e. The minimum atomic E-state index is -0.288. The average Bonchev–Trinajstić information content (AvgIpc) is 2.55. The van der Waals surface area contributed by atoms with Gasteiger partial charge in [-0.1, -0.05) is 61.7 Å². The van der Waals surface area contributed by atoms with Crippen molar-refractivity contribution in [3.8, 4) is 0 Å². The SMILES string of the molecule is O=C(NCc1cccc2ccccc12)OC1CCCCCCC1. The molecule has 0 radical (unpaired) electrons. The second-order valence-corrected chi connectivity index (χ2v) is 6.36. The Morgan fingerprint density at radius 1 is 0.957 bits per heavy atom. The van der Waals surface area contributed by atoms with Gasteiger partial charge >= 0.3 is 6.09 Å². The van der Waals surface area contributed by atoms with Crippen molar-refractivity contribution in [3.05, 3.63) is 48.0 Å². The summed E-state index contributed by atoms with van der Waals surface area (Å²) in [4.78, 5) is 12.1. The van der Waals surface area contributed by atoms with E-state index in [9.17, 15) is 4.79 Å². The second-order valence-electron chi connectivity index (χ2n) is 6.36. The normalized spacial score (nSPS) is 16.5. The largest absolute Gasteiger partial charge is 0.446 e. The van der Waals surface area contributed by atoms with Gasteiger partial charge in [0.2, 0.25) is 0 Å². The minimum absolute atomic E-state index is 0.0859. The van der Waals surface area contributed by atoms with Crippen molar-refractivity contribution in [2.75, 3.05) is 0 Å². The number of fused-ring (bicyclic) bond motifs is 1. The maximum absolute atomic E-state index is 12.1. The van der Waals surface area contributed by atoms with Crippen LogP contribution in [-0.2, 0) is 11.3 Å². The maximum Gasteiger partial charge on any atom is 0.407 e. The van der Waals surface area contributed by atoms with Gasteiger partial charge in [-0.05, 0) is 42.0 Å². The third kappa shape index (κ3) is 4.47. The zero-order chi connectivity index (χ0) is 15.9. The van der Waals surface area contributed by atoms with Crippen LogP contribution in [0.25, 0.3) is 10.8 Å². The summed E-state index contributed by atoms with van der Waals surface area (Å²) in [6, 6.07) is 14.4. The molecule has 1 N–H and O–H groups in total. The summed E-state index contributed by atoms with van der Waals surface area (Å²) in [5, 5.41) is 5.29. The molecule has 2 aromatic rings. The highest BCUT2D eigenvalue weighted by atomic mass is 16.6. The zero-order valence-electron chi connectivity index (χ0n) is 13.6. The summed E-state index contributed by atoms with van der Waals surface area (Å²) in [6.45, 7) is 0.507. The van der Waals surface area contributed by atoms with E-state index in [1.54, 1.807) is 0 Å². The topological polar surface area (TPSA) is 38.3 Å². The maximum atomic E-state index is 12.1. The van der Waals surface area contributed by atoms with Crippen LogP contribution in [0.2, 0.25) is 0 Å². The molecule has 2 aromatic carbocycles. The van der Waals surface area contributed by atoms with Gasteiger partial charge in [0.25, 0.3) is 0 Å². The van der Waals surface area contributed by atoms with E-state index >= 15 is 0 Å². The number of carbonyl (C=O) groups is 1. The number of hydrogen-bond acceptors (Lipinski definition) is 2. The summed E-state index contributed by atoms with van der Waals surface area (Å²) in [5.74, 6) is 0. The van der Waals surface area contributed by atoms with Crippen molar-refractivity contribution >= 4 is 16.9 Å². The summed E-state index contributed by atoms with van der Waals surface area (Å²) < 4.78 is 5.61. The van der Waals surface area contributed by atoms with E-state index in [4.69, 9.17) is 4.74 Å². The standard InChI is InChI=1S/C20H25NO2/c22-20(23-18-12-4-2-1-3-5-13-18)21-15-17-11-8-10-16-9-6-7-14-19(16)17/h6-11,14,18H,1-5,12-13,15H2,(H,21,22). The molecule has 0 aromatic heterocycles.